The fourth-order valence-corrected chi connectivity index (χ4v) is 5.37. The summed E-state index contributed by atoms with van der Waals surface area (Å²) >= 11 is 0. The lowest BCUT2D eigenvalue weighted by Gasteiger charge is -2.10. The summed E-state index contributed by atoms with van der Waals surface area (Å²) in [5, 5.41) is 6.44. The summed E-state index contributed by atoms with van der Waals surface area (Å²) in [7, 11) is 0. The predicted octanol–water partition coefficient (Wildman–Crippen LogP) is 10.2. The van der Waals surface area contributed by atoms with Crippen LogP contribution in [0.25, 0.3) is 0 Å². The Labute approximate surface area is 310 Å². The fraction of sp³-hybridized carbons (Fsp3) is 0.568. The summed E-state index contributed by atoms with van der Waals surface area (Å²) in [5.74, 6) is 1.69. The normalized spacial score (nSPS) is 18.1. The van der Waals surface area contributed by atoms with Crippen LogP contribution in [0.4, 0.5) is 0 Å². The van der Waals surface area contributed by atoms with Gasteiger partial charge in [0.2, 0.25) is 6.79 Å². The SMILES string of the molecule is C1=CCCCC1.C1CCCCC1.C1CCNCC1.C1CCOCC1.C1COCCN1.c1ccc2c(c1)OCO2.c1ccccc1.c1ccncc1. The number of hydrogen-bond acceptors (Lipinski definition) is 7. The second-order valence-corrected chi connectivity index (χ2v) is 12.8. The smallest absolute Gasteiger partial charge is 0.231 e. The van der Waals surface area contributed by atoms with Gasteiger partial charge in [-0.3, -0.25) is 4.98 Å². The molecule has 1 saturated carbocycles. The number of fused-ring (bicyclic) bond motifs is 1. The maximum Gasteiger partial charge on any atom is 0.231 e. The van der Waals surface area contributed by atoms with Gasteiger partial charge in [-0.2, -0.15) is 0 Å². The molecule has 9 rings (SSSR count). The highest BCUT2D eigenvalue weighted by atomic mass is 16.7. The van der Waals surface area contributed by atoms with E-state index in [9.17, 15) is 0 Å². The van der Waals surface area contributed by atoms with Gasteiger partial charge in [-0.05, 0) is 95.1 Å². The molecule has 3 saturated heterocycles. The van der Waals surface area contributed by atoms with Crippen LogP contribution >= 0.6 is 0 Å². The molecule has 1 aromatic heterocycles. The summed E-state index contributed by atoms with van der Waals surface area (Å²) in [5.41, 5.74) is 0. The first-order valence-corrected chi connectivity index (χ1v) is 19.9. The first kappa shape index (κ1) is 43.9. The van der Waals surface area contributed by atoms with E-state index in [1.165, 1.54) is 116 Å². The lowest BCUT2D eigenvalue weighted by molar-refractivity contribution is 0.0968. The van der Waals surface area contributed by atoms with E-state index in [1.807, 2.05) is 78.9 Å². The van der Waals surface area contributed by atoms with Crippen molar-refractivity contribution in [3.8, 4) is 11.5 Å². The zero-order valence-corrected chi connectivity index (χ0v) is 31.6. The number of benzene rings is 2. The number of morpholine rings is 1. The summed E-state index contributed by atoms with van der Waals surface area (Å²) in [6, 6.07) is 25.3. The summed E-state index contributed by atoms with van der Waals surface area (Å²) in [4.78, 5) is 3.78. The number of para-hydroxylation sites is 2. The van der Waals surface area contributed by atoms with Crippen molar-refractivity contribution in [2.75, 3.05) is 59.4 Å². The minimum absolute atomic E-state index is 0.360. The maximum atomic E-state index is 5.08. The Hall–Kier alpha value is -3.23. The van der Waals surface area contributed by atoms with Crippen LogP contribution in [0.2, 0.25) is 0 Å². The van der Waals surface area contributed by atoms with Crippen LogP contribution in [-0.4, -0.2) is 64.4 Å². The average Bonchev–Trinajstić information content (AvgIpc) is 3.76. The number of hydrogen-bond donors (Lipinski definition) is 2. The molecule has 284 valence electrons. The molecule has 51 heavy (non-hydrogen) atoms. The second kappa shape index (κ2) is 36.6. The number of allylic oxidation sites excluding steroid dienone is 2. The monoisotopic (exact) mass is 704 g/mol. The molecule has 2 aromatic carbocycles. The van der Waals surface area contributed by atoms with E-state index in [4.69, 9.17) is 18.9 Å². The minimum Gasteiger partial charge on any atom is -0.454 e. The molecule has 0 bridgehead atoms. The molecule has 2 aliphatic carbocycles. The topological polar surface area (TPSA) is 73.9 Å². The van der Waals surface area contributed by atoms with E-state index in [1.54, 1.807) is 12.4 Å². The van der Waals surface area contributed by atoms with Gasteiger partial charge in [-0.25, -0.2) is 0 Å². The predicted molar refractivity (Wildman–Crippen MR) is 214 cm³/mol. The molecule has 0 unspecified atom stereocenters. The number of rotatable bonds is 0. The third kappa shape index (κ3) is 30.1. The zero-order valence-electron chi connectivity index (χ0n) is 31.6. The lowest BCUT2D eigenvalue weighted by atomic mass is 10.0. The molecule has 7 heteroatoms. The summed E-state index contributed by atoms with van der Waals surface area (Å²) in [6.45, 7) is 8.69. The number of pyridine rings is 1. The molecule has 2 N–H and O–H groups in total. The van der Waals surface area contributed by atoms with Crippen molar-refractivity contribution in [2.45, 2.75) is 103 Å². The average molecular weight is 704 g/mol. The first-order chi connectivity index (χ1) is 25.5. The van der Waals surface area contributed by atoms with Gasteiger partial charge in [-0.1, -0.05) is 112 Å². The third-order valence-corrected chi connectivity index (χ3v) is 8.30. The Bertz CT molecular complexity index is 894. The molecule has 0 spiro atoms. The summed E-state index contributed by atoms with van der Waals surface area (Å²) < 4.78 is 20.2. The molecular formula is C44H69N3O4. The van der Waals surface area contributed by atoms with E-state index in [2.05, 4.69) is 27.8 Å². The number of nitrogens with one attached hydrogen (secondary N) is 2. The Morgan fingerprint density at radius 1 is 0.392 bits per heavy atom. The molecule has 0 atom stereocenters. The van der Waals surface area contributed by atoms with E-state index < -0.39 is 0 Å². The van der Waals surface area contributed by atoms with Gasteiger partial charge in [0.25, 0.3) is 0 Å². The van der Waals surface area contributed by atoms with Crippen LogP contribution in [-0.2, 0) is 9.47 Å². The van der Waals surface area contributed by atoms with Crippen molar-refractivity contribution in [3.63, 3.8) is 0 Å². The third-order valence-electron chi connectivity index (χ3n) is 8.30. The number of aromatic nitrogens is 1. The Kier molecular flexibility index (Phi) is 31.5. The molecular weight excluding hydrogens is 635 g/mol. The minimum atomic E-state index is 0.360. The van der Waals surface area contributed by atoms with E-state index in [0.717, 1.165) is 51.0 Å². The molecule has 0 amide bonds. The van der Waals surface area contributed by atoms with Gasteiger partial charge in [0.1, 0.15) is 0 Å². The van der Waals surface area contributed by atoms with Crippen LogP contribution in [0.5, 0.6) is 11.5 Å². The van der Waals surface area contributed by atoms with Crippen molar-refractivity contribution in [3.05, 3.63) is 103 Å². The summed E-state index contributed by atoms with van der Waals surface area (Å²) in [6.07, 6.45) is 30.6. The zero-order chi connectivity index (χ0) is 35.8. The lowest BCUT2D eigenvalue weighted by Crippen LogP contribution is -2.30. The fourth-order valence-electron chi connectivity index (χ4n) is 5.37. The molecule has 5 heterocycles. The Morgan fingerprint density at radius 3 is 1.04 bits per heavy atom. The van der Waals surface area contributed by atoms with Gasteiger partial charge in [-0.15, -0.1) is 0 Å². The molecule has 0 radical (unpaired) electrons. The van der Waals surface area contributed by atoms with E-state index >= 15 is 0 Å². The van der Waals surface area contributed by atoms with Crippen LogP contribution in [0.3, 0.4) is 0 Å². The molecule has 7 nitrogen and oxygen atoms in total. The van der Waals surface area contributed by atoms with Gasteiger partial charge < -0.3 is 29.6 Å². The maximum absolute atomic E-state index is 5.08. The molecule has 3 aromatic rings. The molecule has 4 fully saturated rings. The highest BCUT2D eigenvalue weighted by Crippen LogP contribution is 2.30. The van der Waals surface area contributed by atoms with Crippen molar-refractivity contribution in [1.29, 1.82) is 0 Å². The number of ether oxygens (including phenoxy) is 4. The quantitative estimate of drug-likeness (QED) is 0.226. The van der Waals surface area contributed by atoms with Crippen molar-refractivity contribution >= 4 is 0 Å². The van der Waals surface area contributed by atoms with Crippen LogP contribution in [0.15, 0.2) is 103 Å². The second-order valence-electron chi connectivity index (χ2n) is 12.8. The van der Waals surface area contributed by atoms with Gasteiger partial charge in [0, 0.05) is 38.7 Å². The van der Waals surface area contributed by atoms with Gasteiger partial charge in [0.05, 0.1) is 13.2 Å². The highest BCUT2D eigenvalue weighted by Gasteiger charge is 2.09. The molecule has 4 aliphatic heterocycles. The standard InChI is InChI=1S/C7H6O2.C6H12.C6H10.C6H6.C5H11N.C5H5N.C5H10O.C4H9NO/c1-2-4-7-6(3-1)8-5-9-7;6*1-2-4-6-5-3-1;1-3-6-4-2-5-1/h1-4H,5H2;1-6H2;1-2H,3-6H2;1-6H;6H,1-5H2;1-5H;1-5H2;5H,1-4H2. The van der Waals surface area contributed by atoms with E-state index in [-0.39, 0.29) is 0 Å². The van der Waals surface area contributed by atoms with Crippen molar-refractivity contribution in [2.24, 2.45) is 0 Å². The van der Waals surface area contributed by atoms with E-state index in [0.29, 0.717) is 6.79 Å². The van der Waals surface area contributed by atoms with Crippen molar-refractivity contribution < 1.29 is 18.9 Å². The van der Waals surface area contributed by atoms with Crippen LogP contribution < -0.4 is 20.1 Å². The Morgan fingerprint density at radius 2 is 0.804 bits per heavy atom. The largest absolute Gasteiger partial charge is 0.454 e. The van der Waals surface area contributed by atoms with Gasteiger partial charge in [0.15, 0.2) is 11.5 Å². The number of nitrogens with zero attached hydrogens (tertiary/aromatic N) is 1. The molecule has 6 aliphatic rings. The van der Waals surface area contributed by atoms with Crippen molar-refractivity contribution in [1.82, 2.24) is 15.6 Å². The number of piperidine rings is 1. The highest BCUT2D eigenvalue weighted by molar-refractivity contribution is 5.40. The van der Waals surface area contributed by atoms with Crippen LogP contribution in [0, 0.1) is 0 Å². The Balaban J connectivity index is 0.000000203. The first-order valence-electron chi connectivity index (χ1n) is 19.9. The van der Waals surface area contributed by atoms with Crippen LogP contribution in [0.1, 0.15) is 103 Å². The van der Waals surface area contributed by atoms with Gasteiger partial charge >= 0.3 is 0 Å².